The summed E-state index contributed by atoms with van der Waals surface area (Å²) >= 11 is 0. The number of carboxylic acid groups (broad SMARTS) is 1. The van der Waals surface area contributed by atoms with Crippen LogP contribution < -0.4 is 4.74 Å². The number of carbonyl (C=O) groups is 2. The lowest BCUT2D eigenvalue weighted by Crippen LogP contribution is -2.02. The number of carboxylic acids is 1. The number of methoxy groups -OCH3 is 1. The van der Waals surface area contributed by atoms with E-state index in [4.69, 9.17) is 14.6 Å². The van der Waals surface area contributed by atoms with Crippen LogP contribution in [0.5, 0.6) is 5.75 Å². The molecule has 0 bridgehead atoms. The van der Waals surface area contributed by atoms with Gasteiger partial charge in [0, 0.05) is 12.2 Å². The highest BCUT2D eigenvalue weighted by Crippen LogP contribution is 2.11. The van der Waals surface area contributed by atoms with Crippen LogP contribution in [0.2, 0.25) is 0 Å². The van der Waals surface area contributed by atoms with E-state index >= 15 is 0 Å². The lowest BCUT2D eigenvalue weighted by Gasteiger charge is -2.03. The number of hydrogen-bond acceptors (Lipinski definition) is 4. The second-order valence-electron chi connectivity index (χ2n) is 3.13. The van der Waals surface area contributed by atoms with Crippen molar-refractivity contribution < 1.29 is 24.2 Å². The molecule has 17 heavy (non-hydrogen) atoms. The number of esters is 1. The Balaban J connectivity index is 2.44. The maximum Gasteiger partial charge on any atom is 0.331 e. The second kappa shape index (κ2) is 6.32. The molecular formula is C12H12O5. The molecule has 5 nitrogen and oxygen atoms in total. The van der Waals surface area contributed by atoms with Crippen LogP contribution in [0.4, 0.5) is 0 Å². The first kappa shape index (κ1) is 12.8. The van der Waals surface area contributed by atoms with Crippen LogP contribution in [-0.4, -0.2) is 24.2 Å². The van der Waals surface area contributed by atoms with Crippen LogP contribution in [0, 0.1) is 0 Å². The van der Waals surface area contributed by atoms with E-state index in [9.17, 15) is 9.59 Å². The fourth-order valence-electron chi connectivity index (χ4n) is 1.06. The zero-order valence-electron chi connectivity index (χ0n) is 9.25. The fourth-order valence-corrected chi connectivity index (χ4v) is 1.06. The maximum atomic E-state index is 11.0. The van der Waals surface area contributed by atoms with Crippen molar-refractivity contribution in [1.82, 2.24) is 0 Å². The van der Waals surface area contributed by atoms with Gasteiger partial charge in [0.05, 0.1) is 7.11 Å². The van der Waals surface area contributed by atoms with E-state index in [1.165, 1.54) is 0 Å². The molecule has 0 spiro atoms. The van der Waals surface area contributed by atoms with Crippen LogP contribution in [-0.2, 0) is 20.9 Å². The standard InChI is InChI=1S/C12H12O5/c1-16-10-4-2-9(3-5-10)8-17-12(15)7-6-11(13)14/h2-7H,8H2,1H3,(H,13,14)/b7-6-. The summed E-state index contributed by atoms with van der Waals surface area (Å²) in [6, 6.07) is 7.01. The third kappa shape index (κ3) is 4.83. The molecule has 1 rings (SSSR count). The van der Waals surface area contributed by atoms with E-state index in [1.54, 1.807) is 31.4 Å². The molecule has 0 unspecified atom stereocenters. The summed E-state index contributed by atoms with van der Waals surface area (Å²) in [4.78, 5) is 21.2. The molecule has 0 aliphatic carbocycles. The minimum absolute atomic E-state index is 0.0901. The van der Waals surface area contributed by atoms with Gasteiger partial charge in [-0.1, -0.05) is 12.1 Å². The van der Waals surface area contributed by atoms with Gasteiger partial charge in [0.1, 0.15) is 12.4 Å². The number of benzene rings is 1. The molecule has 0 amide bonds. The van der Waals surface area contributed by atoms with Gasteiger partial charge in [-0.25, -0.2) is 9.59 Å². The molecule has 0 aliphatic rings. The number of aliphatic carboxylic acids is 1. The topological polar surface area (TPSA) is 72.8 Å². The summed E-state index contributed by atoms with van der Waals surface area (Å²) in [5, 5.41) is 8.30. The molecule has 0 fully saturated rings. The predicted octanol–water partition coefficient (Wildman–Crippen LogP) is 1.38. The maximum absolute atomic E-state index is 11.0. The Morgan fingerprint density at radius 1 is 1.24 bits per heavy atom. The first-order chi connectivity index (χ1) is 8.11. The Morgan fingerprint density at radius 3 is 2.41 bits per heavy atom. The Morgan fingerprint density at radius 2 is 1.88 bits per heavy atom. The average molecular weight is 236 g/mol. The lowest BCUT2D eigenvalue weighted by atomic mass is 10.2. The van der Waals surface area contributed by atoms with Crippen molar-refractivity contribution in [1.29, 1.82) is 0 Å². The number of hydrogen-bond donors (Lipinski definition) is 1. The van der Waals surface area contributed by atoms with Crippen LogP contribution in [0.15, 0.2) is 36.4 Å². The summed E-state index contributed by atoms with van der Waals surface area (Å²) in [6.07, 6.45) is 1.60. The highest BCUT2D eigenvalue weighted by Gasteiger charge is 2.00. The van der Waals surface area contributed by atoms with Crippen LogP contribution in [0.1, 0.15) is 5.56 Å². The monoisotopic (exact) mass is 236 g/mol. The third-order valence-corrected chi connectivity index (χ3v) is 1.90. The van der Waals surface area contributed by atoms with E-state index in [2.05, 4.69) is 0 Å². The van der Waals surface area contributed by atoms with Crippen molar-refractivity contribution in [2.24, 2.45) is 0 Å². The number of carbonyl (C=O) groups excluding carboxylic acids is 1. The summed E-state index contributed by atoms with van der Waals surface area (Å²) < 4.78 is 9.80. The Hall–Kier alpha value is -2.30. The van der Waals surface area contributed by atoms with Gasteiger partial charge in [-0.3, -0.25) is 0 Å². The molecule has 1 aromatic rings. The minimum Gasteiger partial charge on any atom is -0.497 e. The van der Waals surface area contributed by atoms with Crippen molar-refractivity contribution in [3.8, 4) is 5.75 Å². The van der Waals surface area contributed by atoms with E-state index in [0.717, 1.165) is 17.7 Å². The molecule has 90 valence electrons. The molecule has 0 heterocycles. The molecule has 1 aromatic carbocycles. The quantitative estimate of drug-likeness (QED) is 0.617. The molecule has 0 radical (unpaired) electrons. The molecule has 0 atom stereocenters. The minimum atomic E-state index is -1.19. The van der Waals surface area contributed by atoms with E-state index in [0.29, 0.717) is 5.75 Å². The number of rotatable bonds is 5. The molecule has 5 heteroatoms. The van der Waals surface area contributed by atoms with Crippen molar-refractivity contribution >= 4 is 11.9 Å². The molecule has 0 saturated heterocycles. The molecule has 0 aliphatic heterocycles. The largest absolute Gasteiger partial charge is 0.497 e. The molecular weight excluding hydrogens is 224 g/mol. The lowest BCUT2D eigenvalue weighted by molar-refractivity contribution is -0.139. The van der Waals surface area contributed by atoms with Crippen molar-refractivity contribution in [2.75, 3.05) is 7.11 Å². The Bertz CT molecular complexity index is 419. The van der Waals surface area contributed by atoms with E-state index in [1.807, 2.05) is 0 Å². The van der Waals surface area contributed by atoms with E-state index in [-0.39, 0.29) is 6.61 Å². The van der Waals surface area contributed by atoms with Gasteiger partial charge in [-0.05, 0) is 17.7 Å². The smallest absolute Gasteiger partial charge is 0.331 e. The normalized spacial score (nSPS) is 10.2. The molecule has 0 aromatic heterocycles. The van der Waals surface area contributed by atoms with Gasteiger partial charge in [-0.15, -0.1) is 0 Å². The van der Waals surface area contributed by atoms with Crippen LogP contribution in [0.25, 0.3) is 0 Å². The Labute approximate surface area is 98.3 Å². The summed E-state index contributed by atoms with van der Waals surface area (Å²) in [6.45, 7) is 0.0901. The molecule has 0 saturated carbocycles. The van der Waals surface area contributed by atoms with Crippen LogP contribution in [0.3, 0.4) is 0 Å². The fraction of sp³-hybridized carbons (Fsp3) is 0.167. The van der Waals surface area contributed by atoms with Crippen molar-refractivity contribution in [3.05, 3.63) is 42.0 Å². The highest BCUT2D eigenvalue weighted by molar-refractivity contribution is 5.90. The summed E-state index contributed by atoms with van der Waals surface area (Å²) in [7, 11) is 1.56. The zero-order chi connectivity index (χ0) is 12.7. The average Bonchev–Trinajstić information content (AvgIpc) is 2.34. The van der Waals surface area contributed by atoms with Gasteiger partial charge < -0.3 is 14.6 Å². The van der Waals surface area contributed by atoms with Gasteiger partial charge in [0.25, 0.3) is 0 Å². The van der Waals surface area contributed by atoms with Gasteiger partial charge in [0.2, 0.25) is 0 Å². The second-order valence-corrected chi connectivity index (χ2v) is 3.13. The first-order valence-electron chi connectivity index (χ1n) is 4.82. The zero-order valence-corrected chi connectivity index (χ0v) is 9.25. The predicted molar refractivity (Wildman–Crippen MR) is 59.6 cm³/mol. The van der Waals surface area contributed by atoms with Gasteiger partial charge in [0.15, 0.2) is 0 Å². The van der Waals surface area contributed by atoms with Crippen molar-refractivity contribution in [2.45, 2.75) is 6.61 Å². The third-order valence-electron chi connectivity index (χ3n) is 1.90. The molecule has 1 N–H and O–H groups in total. The summed E-state index contributed by atoms with van der Waals surface area (Å²) in [5.41, 5.74) is 0.794. The SMILES string of the molecule is COc1ccc(COC(=O)/C=C\C(=O)O)cc1. The van der Waals surface area contributed by atoms with Gasteiger partial charge in [-0.2, -0.15) is 0 Å². The van der Waals surface area contributed by atoms with Crippen molar-refractivity contribution in [3.63, 3.8) is 0 Å². The summed E-state index contributed by atoms with van der Waals surface area (Å²) in [5.74, 6) is -1.17. The van der Waals surface area contributed by atoms with Gasteiger partial charge >= 0.3 is 11.9 Å². The number of ether oxygens (including phenoxy) is 2. The highest BCUT2D eigenvalue weighted by atomic mass is 16.5. The van der Waals surface area contributed by atoms with E-state index < -0.39 is 11.9 Å². The van der Waals surface area contributed by atoms with Crippen LogP contribution >= 0.6 is 0 Å². The first-order valence-corrected chi connectivity index (χ1v) is 4.82. The Kier molecular flexibility index (Phi) is 4.75.